The molecule has 2 rings (SSSR count). The summed E-state index contributed by atoms with van der Waals surface area (Å²) in [6.07, 6.45) is 0. The van der Waals surface area contributed by atoms with Crippen LogP contribution in [0.5, 0.6) is 0 Å². The molecule has 0 unspecified atom stereocenters. The van der Waals surface area contributed by atoms with Gasteiger partial charge in [0.25, 0.3) is 0 Å². The molecular weight excluding hydrogens is 278 g/mol. The predicted molar refractivity (Wildman–Crippen MR) is 86.6 cm³/mol. The fourth-order valence-electron chi connectivity index (χ4n) is 2.28. The van der Waals surface area contributed by atoms with Crippen molar-refractivity contribution in [3.05, 3.63) is 41.0 Å². The van der Waals surface area contributed by atoms with Crippen molar-refractivity contribution in [3.8, 4) is 0 Å². The van der Waals surface area contributed by atoms with E-state index in [2.05, 4.69) is 15.5 Å². The molecule has 0 saturated heterocycles. The Kier molecular flexibility index (Phi) is 4.80. The minimum atomic E-state index is 0.0170. The maximum Gasteiger partial charge on any atom is 0.242 e. The fraction of sp³-hybridized carbons (Fsp3) is 0.438. The van der Waals surface area contributed by atoms with E-state index >= 15 is 0 Å². The van der Waals surface area contributed by atoms with Crippen molar-refractivity contribution in [2.45, 2.75) is 27.3 Å². The lowest BCUT2D eigenvalue weighted by atomic mass is 10.1. The molecule has 0 spiro atoms. The Morgan fingerprint density at radius 2 is 1.86 bits per heavy atom. The van der Waals surface area contributed by atoms with E-state index < -0.39 is 0 Å². The maximum absolute atomic E-state index is 12.3. The summed E-state index contributed by atoms with van der Waals surface area (Å²) < 4.78 is 1.89. The number of nitrogens with one attached hydrogen (secondary N) is 1. The lowest BCUT2D eigenvalue weighted by Crippen LogP contribution is -2.32. The Labute approximate surface area is 131 Å². The molecule has 0 bridgehead atoms. The molecule has 0 saturated carbocycles. The summed E-state index contributed by atoms with van der Waals surface area (Å²) in [5.41, 5.74) is 3.30. The molecule has 22 heavy (non-hydrogen) atoms. The van der Waals surface area contributed by atoms with Gasteiger partial charge in [-0.2, -0.15) is 0 Å². The van der Waals surface area contributed by atoms with Gasteiger partial charge in [0, 0.05) is 19.8 Å². The van der Waals surface area contributed by atoms with Gasteiger partial charge in [-0.25, -0.2) is 0 Å². The third-order valence-corrected chi connectivity index (χ3v) is 3.88. The number of nitrogens with zero attached hydrogens (tertiary/aromatic N) is 4. The summed E-state index contributed by atoms with van der Waals surface area (Å²) >= 11 is 0. The van der Waals surface area contributed by atoms with Crippen LogP contribution in [0.15, 0.2) is 18.2 Å². The van der Waals surface area contributed by atoms with Gasteiger partial charge in [0.15, 0.2) is 5.82 Å². The molecule has 1 heterocycles. The topological polar surface area (TPSA) is 63.1 Å². The molecule has 0 aliphatic carbocycles. The normalized spacial score (nSPS) is 10.6. The second-order valence-electron chi connectivity index (χ2n) is 5.59. The number of carbonyl (C=O) groups excluding carboxylic acids is 1. The van der Waals surface area contributed by atoms with Crippen LogP contribution < -0.4 is 5.32 Å². The van der Waals surface area contributed by atoms with E-state index in [1.54, 1.807) is 11.9 Å². The van der Waals surface area contributed by atoms with Crippen molar-refractivity contribution < 1.29 is 4.79 Å². The SMILES string of the molecule is Cc1cccc(C)c1NCC(=O)N(C)Cc1nnc(C)n1C. The standard InChI is InChI=1S/C16H23N5O/c1-11-7-6-8-12(2)16(11)17-9-15(22)20(4)10-14-19-18-13(3)21(14)5/h6-8,17H,9-10H2,1-5H3. The number of hydrogen-bond acceptors (Lipinski definition) is 4. The summed E-state index contributed by atoms with van der Waals surface area (Å²) in [5, 5.41) is 11.3. The first-order chi connectivity index (χ1) is 10.4. The molecule has 0 radical (unpaired) electrons. The van der Waals surface area contributed by atoms with E-state index in [4.69, 9.17) is 0 Å². The van der Waals surface area contributed by atoms with Gasteiger partial charge in [0.2, 0.25) is 5.91 Å². The maximum atomic E-state index is 12.3. The van der Waals surface area contributed by atoms with Crippen LogP contribution in [0.25, 0.3) is 0 Å². The number of amides is 1. The van der Waals surface area contributed by atoms with E-state index in [1.807, 2.05) is 50.6 Å². The Hall–Kier alpha value is -2.37. The van der Waals surface area contributed by atoms with Gasteiger partial charge in [-0.05, 0) is 31.9 Å². The second-order valence-corrected chi connectivity index (χ2v) is 5.59. The Morgan fingerprint density at radius 1 is 1.23 bits per heavy atom. The largest absolute Gasteiger partial charge is 0.376 e. The quantitative estimate of drug-likeness (QED) is 0.915. The molecule has 0 atom stereocenters. The highest BCUT2D eigenvalue weighted by Gasteiger charge is 2.14. The minimum Gasteiger partial charge on any atom is -0.376 e. The van der Waals surface area contributed by atoms with Gasteiger partial charge in [0.1, 0.15) is 5.82 Å². The lowest BCUT2D eigenvalue weighted by Gasteiger charge is -2.18. The fourth-order valence-corrected chi connectivity index (χ4v) is 2.28. The molecule has 0 aliphatic rings. The Morgan fingerprint density at radius 3 is 2.41 bits per heavy atom. The molecule has 1 aromatic carbocycles. The number of likely N-dealkylation sites (N-methyl/N-ethyl adjacent to an activating group) is 1. The van der Waals surface area contributed by atoms with Crippen molar-refractivity contribution in [2.75, 3.05) is 18.9 Å². The molecule has 1 N–H and O–H groups in total. The Bertz CT molecular complexity index is 657. The zero-order valence-corrected chi connectivity index (χ0v) is 13.8. The lowest BCUT2D eigenvalue weighted by molar-refractivity contribution is -0.128. The molecule has 0 aliphatic heterocycles. The van der Waals surface area contributed by atoms with Gasteiger partial charge >= 0.3 is 0 Å². The van der Waals surface area contributed by atoms with E-state index in [1.165, 1.54) is 0 Å². The van der Waals surface area contributed by atoms with Crippen LogP contribution >= 0.6 is 0 Å². The van der Waals surface area contributed by atoms with E-state index in [9.17, 15) is 4.79 Å². The molecule has 2 aromatic rings. The predicted octanol–water partition coefficient (Wildman–Crippen LogP) is 1.81. The summed E-state index contributed by atoms with van der Waals surface area (Å²) in [5.74, 6) is 1.63. The number of carbonyl (C=O) groups is 1. The monoisotopic (exact) mass is 301 g/mol. The zero-order chi connectivity index (χ0) is 16.3. The molecular formula is C16H23N5O. The third-order valence-electron chi connectivity index (χ3n) is 3.88. The molecule has 6 nitrogen and oxygen atoms in total. The van der Waals surface area contributed by atoms with Crippen molar-refractivity contribution in [2.24, 2.45) is 7.05 Å². The molecule has 0 fully saturated rings. The number of aryl methyl sites for hydroxylation is 3. The smallest absolute Gasteiger partial charge is 0.242 e. The van der Waals surface area contributed by atoms with Crippen LogP contribution in [0.4, 0.5) is 5.69 Å². The van der Waals surface area contributed by atoms with Crippen LogP contribution in [-0.4, -0.2) is 39.2 Å². The molecule has 1 aromatic heterocycles. The number of rotatable bonds is 5. The average molecular weight is 301 g/mol. The summed E-state index contributed by atoms with van der Waals surface area (Å²) in [4.78, 5) is 13.9. The highest BCUT2D eigenvalue weighted by atomic mass is 16.2. The first-order valence-corrected chi connectivity index (χ1v) is 7.29. The van der Waals surface area contributed by atoms with E-state index in [-0.39, 0.29) is 12.5 Å². The van der Waals surface area contributed by atoms with Crippen LogP contribution in [0.2, 0.25) is 0 Å². The van der Waals surface area contributed by atoms with Crippen LogP contribution in [0, 0.1) is 20.8 Å². The van der Waals surface area contributed by atoms with Crippen LogP contribution in [-0.2, 0) is 18.4 Å². The van der Waals surface area contributed by atoms with Gasteiger partial charge in [0.05, 0.1) is 13.1 Å². The van der Waals surface area contributed by atoms with Gasteiger partial charge in [-0.15, -0.1) is 10.2 Å². The number of hydrogen-bond donors (Lipinski definition) is 1. The third kappa shape index (κ3) is 3.44. The molecule has 6 heteroatoms. The highest BCUT2D eigenvalue weighted by molar-refractivity contribution is 5.81. The summed E-state index contributed by atoms with van der Waals surface area (Å²) in [6, 6.07) is 6.08. The first-order valence-electron chi connectivity index (χ1n) is 7.29. The number of benzene rings is 1. The van der Waals surface area contributed by atoms with Crippen LogP contribution in [0.1, 0.15) is 22.8 Å². The van der Waals surface area contributed by atoms with E-state index in [0.29, 0.717) is 6.54 Å². The van der Waals surface area contributed by atoms with Gasteiger partial charge in [-0.1, -0.05) is 18.2 Å². The minimum absolute atomic E-state index is 0.0170. The summed E-state index contributed by atoms with van der Waals surface area (Å²) in [7, 11) is 3.68. The summed E-state index contributed by atoms with van der Waals surface area (Å²) in [6.45, 7) is 6.67. The number of anilines is 1. The van der Waals surface area contributed by atoms with E-state index in [0.717, 1.165) is 28.5 Å². The van der Waals surface area contributed by atoms with Crippen LogP contribution in [0.3, 0.4) is 0 Å². The zero-order valence-electron chi connectivity index (χ0n) is 13.8. The first kappa shape index (κ1) is 16.0. The van der Waals surface area contributed by atoms with Crippen molar-refractivity contribution in [1.82, 2.24) is 19.7 Å². The van der Waals surface area contributed by atoms with Crippen molar-refractivity contribution >= 4 is 11.6 Å². The van der Waals surface area contributed by atoms with Gasteiger partial charge < -0.3 is 14.8 Å². The number of para-hydroxylation sites is 1. The molecule has 1 amide bonds. The van der Waals surface area contributed by atoms with Crippen molar-refractivity contribution in [1.29, 1.82) is 0 Å². The van der Waals surface area contributed by atoms with Crippen molar-refractivity contribution in [3.63, 3.8) is 0 Å². The second kappa shape index (κ2) is 6.60. The highest BCUT2D eigenvalue weighted by Crippen LogP contribution is 2.19. The van der Waals surface area contributed by atoms with Gasteiger partial charge in [-0.3, -0.25) is 4.79 Å². The number of aromatic nitrogens is 3. The molecule has 118 valence electrons. The average Bonchev–Trinajstić information content (AvgIpc) is 2.78. The Balaban J connectivity index is 1.96.